The summed E-state index contributed by atoms with van der Waals surface area (Å²) in [6.45, 7) is 0.474. The van der Waals surface area contributed by atoms with Crippen LogP contribution in [0, 0.1) is 5.92 Å². The molecule has 1 atom stereocenters. The van der Waals surface area contributed by atoms with E-state index in [1.165, 1.54) is 0 Å². The van der Waals surface area contributed by atoms with E-state index in [0.717, 1.165) is 17.3 Å². The van der Waals surface area contributed by atoms with Gasteiger partial charge in [0.25, 0.3) is 5.91 Å². The minimum Gasteiger partial charge on any atom is -0.348 e. The summed E-state index contributed by atoms with van der Waals surface area (Å²) in [6, 6.07) is 5.38. The quantitative estimate of drug-likeness (QED) is 0.874. The third-order valence-electron chi connectivity index (χ3n) is 2.96. The highest BCUT2D eigenvalue weighted by Crippen LogP contribution is 2.32. The monoisotopic (exact) mass is 352 g/mol. The zero-order valence-corrected chi connectivity index (χ0v) is 12.8. The summed E-state index contributed by atoms with van der Waals surface area (Å²) in [5, 5.41) is 3.39. The number of nitrogens with two attached hydrogens (primary N) is 1. The summed E-state index contributed by atoms with van der Waals surface area (Å²) < 4.78 is 0.725. The lowest BCUT2D eigenvalue weighted by atomic mass is 10.1. The van der Waals surface area contributed by atoms with Crippen molar-refractivity contribution in [1.29, 1.82) is 0 Å². The van der Waals surface area contributed by atoms with Gasteiger partial charge in [-0.2, -0.15) is 0 Å². The van der Waals surface area contributed by atoms with Crippen LogP contribution in [0.2, 0.25) is 5.02 Å². The molecule has 0 radical (unpaired) electrons. The van der Waals surface area contributed by atoms with Gasteiger partial charge in [-0.3, -0.25) is 4.79 Å². The number of nitrogens with one attached hydrogen (secondary N) is 1. The van der Waals surface area contributed by atoms with Crippen LogP contribution in [-0.4, -0.2) is 18.5 Å². The van der Waals surface area contributed by atoms with Crippen LogP contribution in [0.1, 0.15) is 23.2 Å². The van der Waals surface area contributed by atoms with Crippen molar-refractivity contribution in [1.82, 2.24) is 5.32 Å². The van der Waals surface area contributed by atoms with Gasteiger partial charge < -0.3 is 11.1 Å². The maximum atomic E-state index is 12.0. The third-order valence-corrected chi connectivity index (χ3v) is 4.25. The standard InChI is InChI=1S/C12H14BrClN2O.ClH/c13-9-3-1-2-8(11(9)14)12(17)16-10(6-15)7-4-5-7;/h1-3,7,10H,4-6,15H2,(H,16,17);1H. The molecular formula is C12H15BrCl2N2O. The summed E-state index contributed by atoms with van der Waals surface area (Å²) in [6.07, 6.45) is 2.29. The van der Waals surface area contributed by atoms with Gasteiger partial charge in [-0.1, -0.05) is 17.7 Å². The highest BCUT2D eigenvalue weighted by molar-refractivity contribution is 9.10. The van der Waals surface area contributed by atoms with E-state index in [4.69, 9.17) is 17.3 Å². The highest BCUT2D eigenvalue weighted by Gasteiger charge is 2.31. The number of carbonyl (C=O) groups is 1. The van der Waals surface area contributed by atoms with E-state index < -0.39 is 0 Å². The van der Waals surface area contributed by atoms with Crippen molar-refractivity contribution in [2.45, 2.75) is 18.9 Å². The van der Waals surface area contributed by atoms with E-state index in [1.54, 1.807) is 18.2 Å². The predicted molar refractivity (Wildman–Crippen MR) is 79.4 cm³/mol. The number of amides is 1. The van der Waals surface area contributed by atoms with Crippen molar-refractivity contribution in [2.75, 3.05) is 6.54 Å². The molecule has 1 unspecified atom stereocenters. The Morgan fingerprint density at radius 3 is 2.78 bits per heavy atom. The predicted octanol–water partition coefficient (Wildman–Crippen LogP) is 2.99. The van der Waals surface area contributed by atoms with Gasteiger partial charge in [0.2, 0.25) is 0 Å². The van der Waals surface area contributed by atoms with Crippen molar-refractivity contribution in [2.24, 2.45) is 11.7 Å². The molecule has 1 aromatic rings. The summed E-state index contributed by atoms with van der Waals surface area (Å²) in [5.41, 5.74) is 6.14. The molecule has 1 aliphatic carbocycles. The minimum atomic E-state index is -0.154. The number of rotatable bonds is 4. The molecule has 0 spiro atoms. The number of halogens is 3. The van der Waals surface area contributed by atoms with Crippen LogP contribution >= 0.6 is 39.9 Å². The molecule has 1 aliphatic rings. The summed E-state index contributed by atoms with van der Waals surface area (Å²) in [7, 11) is 0. The van der Waals surface area contributed by atoms with E-state index in [1.807, 2.05) is 0 Å². The number of hydrogen-bond donors (Lipinski definition) is 2. The maximum Gasteiger partial charge on any atom is 0.253 e. The molecule has 0 aliphatic heterocycles. The second-order valence-electron chi connectivity index (χ2n) is 4.25. The topological polar surface area (TPSA) is 55.1 Å². The molecule has 1 fully saturated rings. The molecule has 3 nitrogen and oxygen atoms in total. The first-order chi connectivity index (χ1) is 8.13. The van der Waals surface area contributed by atoms with Gasteiger partial charge >= 0.3 is 0 Å². The van der Waals surface area contributed by atoms with Gasteiger partial charge in [0.05, 0.1) is 10.6 Å². The Morgan fingerprint density at radius 1 is 1.56 bits per heavy atom. The largest absolute Gasteiger partial charge is 0.348 e. The minimum absolute atomic E-state index is 0. The average Bonchev–Trinajstić information content (AvgIpc) is 3.13. The van der Waals surface area contributed by atoms with Crippen LogP contribution in [0.4, 0.5) is 0 Å². The molecule has 0 saturated heterocycles. The van der Waals surface area contributed by atoms with Gasteiger partial charge in [0.15, 0.2) is 0 Å². The SMILES string of the molecule is Cl.NCC(NC(=O)c1cccc(Br)c1Cl)C1CC1. The van der Waals surface area contributed by atoms with E-state index in [9.17, 15) is 4.79 Å². The average molecular weight is 354 g/mol. The molecule has 0 heterocycles. The number of hydrogen-bond acceptors (Lipinski definition) is 2. The summed E-state index contributed by atoms with van der Waals surface area (Å²) in [4.78, 5) is 12.0. The van der Waals surface area contributed by atoms with Crippen molar-refractivity contribution in [3.63, 3.8) is 0 Å². The molecule has 3 N–H and O–H groups in total. The van der Waals surface area contributed by atoms with Crippen LogP contribution in [-0.2, 0) is 0 Å². The van der Waals surface area contributed by atoms with Crippen molar-refractivity contribution >= 4 is 45.8 Å². The number of carbonyl (C=O) groups excluding carboxylic acids is 1. The fourth-order valence-electron chi connectivity index (χ4n) is 1.79. The second-order valence-corrected chi connectivity index (χ2v) is 5.49. The zero-order chi connectivity index (χ0) is 12.4. The third kappa shape index (κ3) is 3.60. The Bertz CT molecular complexity index is 438. The van der Waals surface area contributed by atoms with Crippen molar-refractivity contribution in [3.05, 3.63) is 33.3 Å². The Kier molecular flexibility index (Phi) is 5.92. The van der Waals surface area contributed by atoms with Crippen LogP contribution in [0.5, 0.6) is 0 Å². The van der Waals surface area contributed by atoms with Gasteiger partial charge in [0.1, 0.15) is 0 Å². The molecule has 100 valence electrons. The Labute approximate surface area is 126 Å². The zero-order valence-electron chi connectivity index (χ0n) is 9.66. The van der Waals surface area contributed by atoms with Gasteiger partial charge in [0, 0.05) is 17.1 Å². The first kappa shape index (κ1) is 15.8. The smallest absolute Gasteiger partial charge is 0.253 e. The first-order valence-electron chi connectivity index (χ1n) is 5.58. The Morgan fingerprint density at radius 2 is 2.22 bits per heavy atom. The van der Waals surface area contributed by atoms with Gasteiger partial charge in [-0.15, -0.1) is 12.4 Å². The summed E-state index contributed by atoms with van der Waals surface area (Å²) >= 11 is 9.37. The molecule has 2 rings (SSSR count). The Balaban J connectivity index is 0.00000162. The molecule has 0 bridgehead atoms. The van der Waals surface area contributed by atoms with Crippen LogP contribution in [0.15, 0.2) is 22.7 Å². The van der Waals surface area contributed by atoms with Crippen LogP contribution < -0.4 is 11.1 Å². The fraction of sp³-hybridized carbons (Fsp3) is 0.417. The van der Waals surface area contributed by atoms with Crippen LogP contribution in [0.25, 0.3) is 0 Å². The molecule has 1 saturated carbocycles. The molecule has 0 aromatic heterocycles. The second kappa shape index (κ2) is 6.75. The summed E-state index contributed by atoms with van der Waals surface area (Å²) in [5.74, 6) is 0.383. The van der Waals surface area contributed by atoms with E-state index in [2.05, 4.69) is 21.2 Å². The van der Waals surface area contributed by atoms with Crippen molar-refractivity contribution < 1.29 is 4.79 Å². The first-order valence-corrected chi connectivity index (χ1v) is 6.75. The highest BCUT2D eigenvalue weighted by atomic mass is 79.9. The van der Waals surface area contributed by atoms with Crippen LogP contribution in [0.3, 0.4) is 0 Å². The molecule has 1 amide bonds. The van der Waals surface area contributed by atoms with E-state index in [-0.39, 0.29) is 24.4 Å². The maximum absolute atomic E-state index is 12.0. The number of benzene rings is 1. The van der Waals surface area contributed by atoms with E-state index >= 15 is 0 Å². The lowest BCUT2D eigenvalue weighted by Gasteiger charge is -2.16. The molecule has 6 heteroatoms. The molecule has 18 heavy (non-hydrogen) atoms. The lowest BCUT2D eigenvalue weighted by Crippen LogP contribution is -2.41. The fourth-order valence-corrected chi connectivity index (χ4v) is 2.37. The lowest BCUT2D eigenvalue weighted by molar-refractivity contribution is 0.0933. The van der Waals surface area contributed by atoms with Crippen molar-refractivity contribution in [3.8, 4) is 0 Å². The van der Waals surface area contributed by atoms with Gasteiger partial charge in [-0.25, -0.2) is 0 Å². The van der Waals surface area contributed by atoms with Gasteiger partial charge in [-0.05, 0) is 46.8 Å². The van der Waals surface area contributed by atoms with E-state index in [0.29, 0.717) is 23.0 Å². The molecule has 1 aromatic carbocycles. The molecular weight excluding hydrogens is 339 g/mol. The normalized spacial score (nSPS) is 15.7. The Hall–Kier alpha value is -0.290.